The molecule has 30 heavy (non-hydrogen) atoms. The molecule has 2 aromatic carbocycles. The fraction of sp³-hybridized carbons (Fsp3) is 0.364. The van der Waals surface area contributed by atoms with Gasteiger partial charge in [-0.2, -0.15) is 0 Å². The average Bonchev–Trinajstić information content (AvgIpc) is 3.17. The lowest BCUT2D eigenvalue weighted by Gasteiger charge is -2.13. The molecule has 0 aromatic heterocycles. The molecule has 0 saturated heterocycles. The molecule has 3 N–H and O–H groups in total. The number of amides is 1. The van der Waals surface area contributed by atoms with Crippen molar-refractivity contribution >= 4 is 35.8 Å². The van der Waals surface area contributed by atoms with Gasteiger partial charge >= 0.3 is 0 Å². The van der Waals surface area contributed by atoms with Crippen LogP contribution in [0.4, 0.5) is 0 Å². The summed E-state index contributed by atoms with van der Waals surface area (Å²) in [7, 11) is 1.58. The largest absolute Gasteiger partial charge is 0.497 e. The second kappa shape index (κ2) is 12.3. The van der Waals surface area contributed by atoms with Gasteiger partial charge in [-0.3, -0.25) is 4.79 Å². The zero-order valence-electron chi connectivity index (χ0n) is 17.3. The third kappa shape index (κ3) is 6.79. The van der Waals surface area contributed by atoms with Crippen LogP contribution in [0.1, 0.15) is 22.8 Å². The quantitative estimate of drug-likeness (QED) is 0.214. The number of aliphatic imine (C=N–C) groups is 1. The summed E-state index contributed by atoms with van der Waals surface area (Å²) < 4.78 is 11.1. The summed E-state index contributed by atoms with van der Waals surface area (Å²) in [6.45, 7) is 4.39. The van der Waals surface area contributed by atoms with Gasteiger partial charge in [-0.15, -0.1) is 24.0 Å². The van der Waals surface area contributed by atoms with Crippen LogP contribution in [0.15, 0.2) is 53.5 Å². The summed E-state index contributed by atoms with van der Waals surface area (Å²) in [5.74, 6) is 2.19. The van der Waals surface area contributed by atoms with Crippen molar-refractivity contribution in [2.75, 3.05) is 33.3 Å². The van der Waals surface area contributed by atoms with E-state index < -0.39 is 0 Å². The van der Waals surface area contributed by atoms with Gasteiger partial charge in [0.1, 0.15) is 17.6 Å². The predicted octanol–water partition coefficient (Wildman–Crippen LogP) is 2.60. The van der Waals surface area contributed by atoms with Gasteiger partial charge < -0.3 is 25.4 Å². The van der Waals surface area contributed by atoms with Gasteiger partial charge in [0, 0.05) is 31.6 Å². The number of guanidine groups is 1. The molecule has 1 amide bonds. The predicted molar refractivity (Wildman–Crippen MR) is 129 cm³/mol. The highest BCUT2D eigenvalue weighted by Crippen LogP contribution is 2.28. The van der Waals surface area contributed by atoms with E-state index in [1.165, 1.54) is 5.56 Å². The number of methoxy groups -OCH3 is 1. The van der Waals surface area contributed by atoms with Gasteiger partial charge in [-0.05, 0) is 36.8 Å². The minimum atomic E-state index is -0.134. The number of nitrogens with zero attached hydrogens (tertiary/aromatic N) is 1. The van der Waals surface area contributed by atoms with E-state index in [4.69, 9.17) is 9.47 Å². The van der Waals surface area contributed by atoms with E-state index in [9.17, 15) is 4.79 Å². The number of halogens is 1. The molecular weight excluding hydrogens is 495 g/mol. The van der Waals surface area contributed by atoms with Gasteiger partial charge in [0.15, 0.2) is 5.96 Å². The lowest BCUT2D eigenvalue weighted by molar-refractivity contribution is 0.0954. The Labute approximate surface area is 194 Å². The Kier molecular flexibility index (Phi) is 9.72. The van der Waals surface area contributed by atoms with Crippen LogP contribution in [-0.4, -0.2) is 51.3 Å². The zero-order chi connectivity index (χ0) is 20.5. The fourth-order valence-corrected chi connectivity index (χ4v) is 3.11. The van der Waals surface area contributed by atoms with Crippen LogP contribution in [0.2, 0.25) is 0 Å². The van der Waals surface area contributed by atoms with E-state index in [-0.39, 0.29) is 36.0 Å². The number of carbonyl (C=O) groups excluding carboxylic acids is 1. The average molecular weight is 524 g/mol. The minimum Gasteiger partial charge on any atom is -0.497 e. The third-order valence-corrected chi connectivity index (χ3v) is 4.55. The van der Waals surface area contributed by atoms with Gasteiger partial charge in [0.25, 0.3) is 5.91 Å². The fourth-order valence-electron chi connectivity index (χ4n) is 3.11. The third-order valence-electron chi connectivity index (χ3n) is 4.55. The molecular formula is C22H29IN4O3. The van der Waals surface area contributed by atoms with E-state index in [1.807, 2.05) is 31.2 Å². The van der Waals surface area contributed by atoms with E-state index in [1.54, 1.807) is 25.3 Å². The Morgan fingerprint density at radius 3 is 2.70 bits per heavy atom. The summed E-state index contributed by atoms with van der Waals surface area (Å²) >= 11 is 0. The first-order valence-corrected chi connectivity index (χ1v) is 9.88. The molecule has 1 unspecified atom stereocenters. The van der Waals surface area contributed by atoms with Crippen molar-refractivity contribution in [2.45, 2.75) is 19.4 Å². The summed E-state index contributed by atoms with van der Waals surface area (Å²) in [5, 5.41) is 9.35. The van der Waals surface area contributed by atoms with Crippen molar-refractivity contribution in [2.24, 2.45) is 4.99 Å². The Balaban J connectivity index is 0.00000320. The number of rotatable bonds is 8. The molecule has 0 radical (unpaired) electrons. The molecule has 3 rings (SSSR count). The molecule has 0 fully saturated rings. The summed E-state index contributed by atoms with van der Waals surface area (Å²) in [6.07, 6.45) is 0.922. The number of hydrogen-bond donors (Lipinski definition) is 3. The normalized spacial score (nSPS) is 14.7. The lowest BCUT2D eigenvalue weighted by atomic mass is 10.1. The molecule has 0 spiro atoms. The molecule has 1 heterocycles. The number of para-hydroxylation sites is 1. The molecule has 1 aliphatic rings. The maximum absolute atomic E-state index is 12.2. The van der Waals surface area contributed by atoms with E-state index in [0.29, 0.717) is 36.9 Å². The van der Waals surface area contributed by atoms with Gasteiger partial charge in [0.05, 0.1) is 13.7 Å². The SMILES string of the molecule is CCNC(=NCC1Cc2ccccc2O1)NCCNC(=O)c1cccc(OC)c1.I. The molecule has 162 valence electrons. The molecule has 0 aliphatic carbocycles. The number of nitrogens with one attached hydrogen (secondary N) is 3. The van der Waals surface area contributed by atoms with Crippen molar-refractivity contribution in [1.82, 2.24) is 16.0 Å². The monoisotopic (exact) mass is 524 g/mol. The first-order valence-electron chi connectivity index (χ1n) is 9.88. The van der Waals surface area contributed by atoms with E-state index in [2.05, 4.69) is 27.0 Å². The highest BCUT2D eigenvalue weighted by molar-refractivity contribution is 14.0. The number of hydrogen-bond acceptors (Lipinski definition) is 4. The van der Waals surface area contributed by atoms with Gasteiger partial charge in [-0.1, -0.05) is 24.3 Å². The van der Waals surface area contributed by atoms with Crippen molar-refractivity contribution in [1.29, 1.82) is 0 Å². The van der Waals surface area contributed by atoms with Crippen LogP contribution in [0.5, 0.6) is 11.5 Å². The van der Waals surface area contributed by atoms with Crippen LogP contribution >= 0.6 is 24.0 Å². The second-order valence-electron chi connectivity index (χ2n) is 6.69. The van der Waals surface area contributed by atoms with Crippen LogP contribution in [0.25, 0.3) is 0 Å². The van der Waals surface area contributed by atoms with E-state index in [0.717, 1.165) is 18.7 Å². The first-order chi connectivity index (χ1) is 14.2. The van der Waals surface area contributed by atoms with Gasteiger partial charge in [0.2, 0.25) is 0 Å². The molecule has 2 aromatic rings. The van der Waals surface area contributed by atoms with Crippen molar-refractivity contribution in [3.05, 3.63) is 59.7 Å². The molecule has 1 atom stereocenters. The molecule has 7 nitrogen and oxygen atoms in total. The lowest BCUT2D eigenvalue weighted by Crippen LogP contribution is -2.42. The summed E-state index contributed by atoms with van der Waals surface area (Å²) in [4.78, 5) is 16.9. The van der Waals surface area contributed by atoms with Gasteiger partial charge in [-0.25, -0.2) is 4.99 Å². The highest BCUT2D eigenvalue weighted by atomic mass is 127. The number of carbonyl (C=O) groups is 1. The minimum absolute atomic E-state index is 0. The topological polar surface area (TPSA) is 84.0 Å². The van der Waals surface area contributed by atoms with E-state index >= 15 is 0 Å². The van der Waals surface area contributed by atoms with Crippen LogP contribution < -0.4 is 25.4 Å². The number of fused-ring (bicyclic) bond motifs is 1. The number of ether oxygens (including phenoxy) is 2. The second-order valence-corrected chi connectivity index (χ2v) is 6.69. The molecule has 1 aliphatic heterocycles. The molecule has 0 saturated carbocycles. The Hall–Kier alpha value is -2.49. The summed E-state index contributed by atoms with van der Waals surface area (Å²) in [6, 6.07) is 15.2. The number of benzene rings is 2. The first kappa shape index (κ1) is 23.8. The molecule has 8 heteroatoms. The maximum atomic E-state index is 12.2. The Morgan fingerprint density at radius 1 is 1.13 bits per heavy atom. The van der Waals surface area contributed by atoms with Crippen molar-refractivity contribution < 1.29 is 14.3 Å². The standard InChI is InChI=1S/C22H28N4O3.HI/c1-3-23-22(26-15-19-13-16-7-4-5-10-20(16)29-19)25-12-11-24-21(27)17-8-6-9-18(14-17)28-2;/h4-10,14,19H,3,11-13,15H2,1-2H3,(H,24,27)(H2,23,25,26);1H. The van der Waals surface area contributed by atoms with Crippen molar-refractivity contribution in [3.63, 3.8) is 0 Å². The zero-order valence-corrected chi connectivity index (χ0v) is 19.6. The van der Waals surface area contributed by atoms with Crippen molar-refractivity contribution in [3.8, 4) is 11.5 Å². The summed E-state index contributed by atoms with van der Waals surface area (Å²) in [5.41, 5.74) is 1.80. The Morgan fingerprint density at radius 2 is 1.93 bits per heavy atom. The maximum Gasteiger partial charge on any atom is 0.251 e. The van der Waals surface area contributed by atoms with Crippen LogP contribution in [-0.2, 0) is 6.42 Å². The van der Waals surface area contributed by atoms with Crippen LogP contribution in [0.3, 0.4) is 0 Å². The smallest absolute Gasteiger partial charge is 0.251 e. The highest BCUT2D eigenvalue weighted by Gasteiger charge is 2.21. The molecule has 0 bridgehead atoms. The van der Waals surface area contributed by atoms with Crippen LogP contribution in [0, 0.1) is 0 Å². The Bertz CT molecular complexity index is 835.